The molecule has 3 aromatic rings. The van der Waals surface area contributed by atoms with E-state index in [1.165, 1.54) is 40.7 Å². The molecule has 0 amide bonds. The molecule has 1 aliphatic rings. The summed E-state index contributed by atoms with van der Waals surface area (Å²) >= 11 is 0. The van der Waals surface area contributed by atoms with Gasteiger partial charge in [-0.05, 0) is 54.9 Å². The highest BCUT2D eigenvalue weighted by molar-refractivity contribution is 5.96. The Kier molecular flexibility index (Phi) is 3.52. The quantitative estimate of drug-likeness (QED) is 0.551. The van der Waals surface area contributed by atoms with Crippen molar-refractivity contribution >= 4 is 11.0 Å². The van der Waals surface area contributed by atoms with E-state index >= 15 is 0 Å². The van der Waals surface area contributed by atoms with E-state index in [1.807, 2.05) is 6.20 Å². The number of nitrogens with zero attached hydrogens (tertiary/aromatic N) is 1. The van der Waals surface area contributed by atoms with Crippen molar-refractivity contribution < 1.29 is 4.42 Å². The van der Waals surface area contributed by atoms with Crippen molar-refractivity contribution in [3.63, 3.8) is 0 Å². The molecule has 2 nitrogen and oxygen atoms in total. The molecular weight excluding hydrogens is 294 g/mol. The van der Waals surface area contributed by atoms with Crippen LogP contribution in [0.25, 0.3) is 22.2 Å². The fourth-order valence-electron chi connectivity index (χ4n) is 3.74. The fraction of sp³-hybridized carbons (Fsp3) is 0.409. The lowest BCUT2D eigenvalue weighted by Gasteiger charge is -2.18. The van der Waals surface area contributed by atoms with Gasteiger partial charge in [-0.25, -0.2) is 0 Å². The molecule has 4 rings (SSSR count). The van der Waals surface area contributed by atoms with E-state index in [0.29, 0.717) is 0 Å². The van der Waals surface area contributed by atoms with E-state index in [9.17, 15) is 0 Å². The van der Waals surface area contributed by atoms with Crippen LogP contribution in [0.4, 0.5) is 0 Å². The van der Waals surface area contributed by atoms with Crippen molar-refractivity contribution in [2.45, 2.75) is 58.8 Å². The van der Waals surface area contributed by atoms with E-state index in [-0.39, 0.29) is 5.41 Å². The van der Waals surface area contributed by atoms with Gasteiger partial charge >= 0.3 is 0 Å². The lowest BCUT2D eigenvalue weighted by atomic mass is 9.88. The molecule has 0 atom stereocenters. The van der Waals surface area contributed by atoms with E-state index in [0.717, 1.165) is 29.7 Å². The summed E-state index contributed by atoms with van der Waals surface area (Å²) in [7, 11) is 0. The van der Waals surface area contributed by atoms with Gasteiger partial charge in [-0.15, -0.1) is 0 Å². The van der Waals surface area contributed by atoms with Crippen LogP contribution in [0.1, 0.15) is 56.1 Å². The number of rotatable bonds is 1. The highest BCUT2D eigenvalue weighted by Gasteiger charge is 2.22. The van der Waals surface area contributed by atoms with Crippen LogP contribution in [0.15, 0.2) is 34.9 Å². The zero-order chi connectivity index (χ0) is 16.9. The summed E-state index contributed by atoms with van der Waals surface area (Å²) in [6, 6.07) is 8.69. The van der Waals surface area contributed by atoms with Gasteiger partial charge in [0.25, 0.3) is 0 Å². The molecule has 1 aliphatic carbocycles. The van der Waals surface area contributed by atoms with Crippen LogP contribution < -0.4 is 0 Å². The van der Waals surface area contributed by atoms with Crippen LogP contribution in [0.5, 0.6) is 0 Å². The van der Waals surface area contributed by atoms with Crippen molar-refractivity contribution in [1.82, 2.24) is 4.98 Å². The minimum absolute atomic E-state index is 0.123. The van der Waals surface area contributed by atoms with Crippen LogP contribution in [0.2, 0.25) is 0 Å². The van der Waals surface area contributed by atoms with E-state index in [2.05, 4.69) is 52.0 Å². The second kappa shape index (κ2) is 5.47. The number of hydrogen-bond acceptors (Lipinski definition) is 2. The molecule has 0 spiro atoms. The smallest absolute Gasteiger partial charge is 0.144 e. The minimum Gasteiger partial charge on any atom is -0.460 e. The van der Waals surface area contributed by atoms with Gasteiger partial charge in [-0.1, -0.05) is 32.9 Å². The molecular formula is C22H25NO. The third-order valence-electron chi connectivity index (χ3n) is 5.22. The predicted octanol–water partition coefficient (Wildman–Crippen LogP) is 5.98. The zero-order valence-electron chi connectivity index (χ0n) is 15.1. The van der Waals surface area contributed by atoms with E-state index < -0.39 is 0 Å². The molecule has 124 valence electrons. The van der Waals surface area contributed by atoms with Crippen LogP contribution in [-0.2, 0) is 18.3 Å². The first kappa shape index (κ1) is 15.4. The maximum atomic E-state index is 6.31. The average molecular weight is 319 g/mol. The molecule has 1 aromatic carbocycles. The Labute approximate surface area is 143 Å². The molecule has 0 bridgehead atoms. The number of aryl methyl sites for hydroxylation is 3. The number of fused-ring (bicyclic) bond motifs is 3. The van der Waals surface area contributed by atoms with Crippen molar-refractivity contribution in [3.05, 3.63) is 52.9 Å². The molecule has 0 saturated heterocycles. The largest absolute Gasteiger partial charge is 0.460 e. The SMILES string of the molecule is Cc1ccc(-c2ccc(C(C)(C)C)cn2)c2oc3c(c12)CCCC3. The van der Waals surface area contributed by atoms with Crippen LogP contribution >= 0.6 is 0 Å². The molecule has 0 unspecified atom stereocenters. The van der Waals surface area contributed by atoms with Gasteiger partial charge < -0.3 is 4.42 Å². The summed E-state index contributed by atoms with van der Waals surface area (Å²) in [5, 5.41) is 1.32. The third kappa shape index (κ3) is 2.45. The molecule has 2 heterocycles. The fourth-order valence-corrected chi connectivity index (χ4v) is 3.74. The van der Waals surface area contributed by atoms with Crippen LogP contribution in [-0.4, -0.2) is 4.98 Å². The second-order valence-electron chi connectivity index (χ2n) is 8.03. The summed E-state index contributed by atoms with van der Waals surface area (Å²) in [4.78, 5) is 4.74. The molecule has 0 radical (unpaired) electrons. The second-order valence-corrected chi connectivity index (χ2v) is 8.03. The molecule has 0 saturated carbocycles. The summed E-state index contributed by atoms with van der Waals surface area (Å²) in [6.45, 7) is 8.84. The Morgan fingerprint density at radius 1 is 1.00 bits per heavy atom. The van der Waals surface area contributed by atoms with Gasteiger partial charge in [-0.3, -0.25) is 4.98 Å². The number of aromatic nitrogens is 1. The van der Waals surface area contributed by atoms with Crippen molar-refractivity contribution in [2.75, 3.05) is 0 Å². The number of pyridine rings is 1. The Balaban J connectivity index is 1.88. The first-order valence-corrected chi connectivity index (χ1v) is 8.96. The Bertz CT molecular complexity index is 894. The summed E-state index contributed by atoms with van der Waals surface area (Å²) < 4.78 is 6.31. The Morgan fingerprint density at radius 3 is 2.50 bits per heavy atom. The number of hydrogen-bond donors (Lipinski definition) is 0. The van der Waals surface area contributed by atoms with Gasteiger partial charge in [-0.2, -0.15) is 0 Å². The first-order valence-electron chi connectivity index (χ1n) is 8.96. The van der Waals surface area contributed by atoms with Crippen molar-refractivity contribution in [1.29, 1.82) is 0 Å². The molecule has 2 aromatic heterocycles. The van der Waals surface area contributed by atoms with Crippen LogP contribution in [0, 0.1) is 6.92 Å². The van der Waals surface area contributed by atoms with Gasteiger partial charge in [0.2, 0.25) is 0 Å². The van der Waals surface area contributed by atoms with Gasteiger partial charge in [0.1, 0.15) is 11.3 Å². The molecule has 0 fully saturated rings. The maximum Gasteiger partial charge on any atom is 0.144 e. The highest BCUT2D eigenvalue weighted by atomic mass is 16.3. The predicted molar refractivity (Wildman–Crippen MR) is 99.5 cm³/mol. The topological polar surface area (TPSA) is 26.0 Å². The third-order valence-corrected chi connectivity index (χ3v) is 5.22. The van der Waals surface area contributed by atoms with Gasteiger partial charge in [0.15, 0.2) is 0 Å². The minimum atomic E-state index is 0.123. The van der Waals surface area contributed by atoms with Crippen molar-refractivity contribution in [2.24, 2.45) is 0 Å². The molecule has 24 heavy (non-hydrogen) atoms. The molecule has 0 aliphatic heterocycles. The number of benzene rings is 1. The maximum absolute atomic E-state index is 6.31. The lowest BCUT2D eigenvalue weighted by molar-refractivity contribution is 0.506. The highest BCUT2D eigenvalue weighted by Crippen LogP contribution is 2.38. The van der Waals surface area contributed by atoms with Gasteiger partial charge in [0.05, 0.1) is 5.69 Å². The lowest BCUT2D eigenvalue weighted by Crippen LogP contribution is -2.11. The molecule has 0 N–H and O–H groups in total. The van der Waals surface area contributed by atoms with E-state index in [4.69, 9.17) is 9.40 Å². The van der Waals surface area contributed by atoms with Gasteiger partial charge in [0, 0.05) is 29.1 Å². The standard InChI is InChI=1S/C22H25NO/c1-14-9-11-16(18-12-10-15(13-23-18)22(2,3)4)21-20(14)17-7-5-6-8-19(17)24-21/h9-13H,5-8H2,1-4H3. The number of furan rings is 1. The molecule has 2 heteroatoms. The Hall–Kier alpha value is -2.09. The van der Waals surface area contributed by atoms with Crippen LogP contribution in [0.3, 0.4) is 0 Å². The summed E-state index contributed by atoms with van der Waals surface area (Å²) in [5.74, 6) is 1.19. The summed E-state index contributed by atoms with van der Waals surface area (Å²) in [5.41, 5.74) is 7.27. The summed E-state index contributed by atoms with van der Waals surface area (Å²) in [6.07, 6.45) is 6.72. The van der Waals surface area contributed by atoms with Crippen molar-refractivity contribution in [3.8, 4) is 11.3 Å². The monoisotopic (exact) mass is 319 g/mol. The normalized spacial score (nSPS) is 14.8. The Morgan fingerprint density at radius 2 is 1.79 bits per heavy atom. The average Bonchev–Trinajstić information content (AvgIpc) is 2.95. The zero-order valence-corrected chi connectivity index (χ0v) is 15.1. The first-order chi connectivity index (χ1) is 11.4. The van der Waals surface area contributed by atoms with E-state index in [1.54, 1.807) is 0 Å².